The average Bonchev–Trinajstić information content (AvgIpc) is 3.35. The molecule has 0 radical (unpaired) electrons. The third kappa shape index (κ3) is 3.90. The molecule has 1 N–H and O–H groups in total. The fraction of sp³-hybridized carbons (Fsp3) is 0.474. The van der Waals surface area contributed by atoms with Crippen molar-refractivity contribution < 1.29 is 9.18 Å². The highest BCUT2D eigenvalue weighted by molar-refractivity contribution is 7.16. The number of hydrogen-bond donors (Lipinski definition) is 1. The van der Waals surface area contributed by atoms with Gasteiger partial charge in [-0.1, -0.05) is 12.1 Å². The Balaban J connectivity index is 1.36. The van der Waals surface area contributed by atoms with Gasteiger partial charge in [0.2, 0.25) is 0 Å². The zero-order chi connectivity index (χ0) is 17.2. The highest BCUT2D eigenvalue weighted by atomic mass is 32.1. The van der Waals surface area contributed by atoms with Crippen LogP contribution in [0.2, 0.25) is 0 Å². The van der Waals surface area contributed by atoms with E-state index in [0.29, 0.717) is 21.5 Å². The molecular weight excluding hydrogens is 337 g/mol. The van der Waals surface area contributed by atoms with Gasteiger partial charge in [-0.05, 0) is 50.3 Å². The lowest BCUT2D eigenvalue weighted by molar-refractivity contribution is 0.0709. The second kappa shape index (κ2) is 7.22. The van der Waals surface area contributed by atoms with Gasteiger partial charge < -0.3 is 10.2 Å². The van der Waals surface area contributed by atoms with Crippen molar-refractivity contribution in [1.82, 2.24) is 15.2 Å². The summed E-state index contributed by atoms with van der Waals surface area (Å²) in [7, 11) is 0. The minimum absolute atomic E-state index is 0.0146. The Morgan fingerprint density at radius 2 is 2.00 bits per heavy atom. The van der Waals surface area contributed by atoms with Gasteiger partial charge in [0.15, 0.2) is 0 Å². The predicted octanol–water partition coefficient (Wildman–Crippen LogP) is 3.55. The summed E-state index contributed by atoms with van der Waals surface area (Å²) in [6.07, 6.45) is 6.29. The number of aromatic nitrogens is 1. The molecule has 0 spiro atoms. The molecule has 1 aromatic heterocycles. The molecular formula is C19H22FN3OS. The fourth-order valence-corrected chi connectivity index (χ4v) is 4.14. The van der Waals surface area contributed by atoms with Gasteiger partial charge in [-0.3, -0.25) is 4.79 Å². The standard InChI is InChI=1S/C19H22FN3OS/c20-16-4-2-1-3-15(16)18-22-12-17(25-18)19(24)23-9-7-14(8-10-23)21-11-13-5-6-13/h1-4,12-14,21H,5-11H2. The van der Waals surface area contributed by atoms with Gasteiger partial charge in [-0.25, -0.2) is 9.37 Å². The van der Waals surface area contributed by atoms with Crippen LogP contribution in [0.4, 0.5) is 4.39 Å². The highest BCUT2D eigenvalue weighted by Gasteiger charge is 2.27. The smallest absolute Gasteiger partial charge is 0.265 e. The molecule has 6 heteroatoms. The van der Waals surface area contributed by atoms with Crippen molar-refractivity contribution in [2.45, 2.75) is 31.7 Å². The largest absolute Gasteiger partial charge is 0.338 e. The minimum atomic E-state index is -0.307. The molecule has 0 atom stereocenters. The lowest BCUT2D eigenvalue weighted by Gasteiger charge is -2.32. The number of carbonyl (C=O) groups is 1. The summed E-state index contributed by atoms with van der Waals surface area (Å²) in [5.74, 6) is 0.591. The summed E-state index contributed by atoms with van der Waals surface area (Å²) in [6.45, 7) is 2.67. The van der Waals surface area contributed by atoms with E-state index in [4.69, 9.17) is 0 Å². The number of amides is 1. The lowest BCUT2D eigenvalue weighted by Crippen LogP contribution is -2.45. The van der Waals surface area contributed by atoms with Crippen LogP contribution in [0, 0.1) is 11.7 Å². The molecule has 1 aromatic carbocycles. The average molecular weight is 359 g/mol. The molecule has 2 fully saturated rings. The Labute approximate surface area is 151 Å². The molecule has 1 saturated heterocycles. The lowest BCUT2D eigenvalue weighted by atomic mass is 10.0. The Morgan fingerprint density at radius 1 is 1.24 bits per heavy atom. The van der Waals surface area contributed by atoms with Crippen LogP contribution in [-0.2, 0) is 0 Å². The minimum Gasteiger partial charge on any atom is -0.338 e. The van der Waals surface area contributed by atoms with E-state index >= 15 is 0 Å². The molecule has 4 rings (SSSR count). The van der Waals surface area contributed by atoms with E-state index in [1.54, 1.807) is 24.4 Å². The molecule has 2 heterocycles. The molecule has 2 aromatic rings. The SMILES string of the molecule is O=C(c1cnc(-c2ccccc2F)s1)N1CCC(NCC2CC2)CC1. The van der Waals surface area contributed by atoms with Gasteiger partial charge in [-0.15, -0.1) is 11.3 Å². The molecule has 0 unspecified atom stereocenters. The Bertz CT molecular complexity index is 751. The maximum Gasteiger partial charge on any atom is 0.265 e. The maximum absolute atomic E-state index is 13.9. The number of benzene rings is 1. The van der Waals surface area contributed by atoms with Crippen LogP contribution in [0.15, 0.2) is 30.5 Å². The van der Waals surface area contributed by atoms with Crippen molar-refractivity contribution >= 4 is 17.2 Å². The van der Waals surface area contributed by atoms with E-state index in [-0.39, 0.29) is 11.7 Å². The summed E-state index contributed by atoms with van der Waals surface area (Å²) in [4.78, 5) is 19.4. The number of halogens is 1. The Kier molecular flexibility index (Phi) is 4.81. The van der Waals surface area contributed by atoms with Crippen LogP contribution < -0.4 is 5.32 Å². The summed E-state index contributed by atoms with van der Waals surface area (Å²) < 4.78 is 13.9. The van der Waals surface area contributed by atoms with Crippen LogP contribution in [0.5, 0.6) is 0 Å². The number of nitrogens with zero attached hydrogens (tertiary/aromatic N) is 2. The first-order valence-corrected chi connectivity index (χ1v) is 9.76. The highest BCUT2D eigenvalue weighted by Crippen LogP contribution is 2.29. The summed E-state index contributed by atoms with van der Waals surface area (Å²) in [6, 6.07) is 7.07. The van der Waals surface area contributed by atoms with Crippen molar-refractivity contribution in [3.63, 3.8) is 0 Å². The van der Waals surface area contributed by atoms with Crippen molar-refractivity contribution in [1.29, 1.82) is 0 Å². The summed E-state index contributed by atoms with van der Waals surface area (Å²) >= 11 is 1.27. The monoisotopic (exact) mass is 359 g/mol. The quantitative estimate of drug-likeness (QED) is 0.888. The van der Waals surface area contributed by atoms with E-state index < -0.39 is 0 Å². The van der Waals surface area contributed by atoms with Gasteiger partial charge in [0.25, 0.3) is 5.91 Å². The van der Waals surface area contributed by atoms with E-state index in [2.05, 4.69) is 10.3 Å². The number of piperidine rings is 1. The fourth-order valence-electron chi connectivity index (χ4n) is 3.23. The zero-order valence-corrected chi connectivity index (χ0v) is 14.9. The number of rotatable bonds is 5. The normalized spacial score (nSPS) is 18.5. The van der Waals surface area contributed by atoms with Gasteiger partial charge in [0.1, 0.15) is 15.7 Å². The van der Waals surface area contributed by atoms with Crippen LogP contribution in [-0.4, -0.2) is 41.5 Å². The van der Waals surface area contributed by atoms with Gasteiger partial charge in [0.05, 0.1) is 6.20 Å². The second-order valence-electron chi connectivity index (χ2n) is 6.93. The zero-order valence-electron chi connectivity index (χ0n) is 14.1. The number of thiazole rings is 1. The van der Waals surface area contributed by atoms with E-state index in [1.165, 1.54) is 30.2 Å². The van der Waals surface area contributed by atoms with Gasteiger partial charge in [0, 0.05) is 24.7 Å². The third-order valence-electron chi connectivity index (χ3n) is 5.00. The molecule has 2 aliphatic rings. The molecule has 132 valence electrons. The van der Waals surface area contributed by atoms with E-state index in [1.807, 2.05) is 4.90 Å². The van der Waals surface area contributed by atoms with E-state index in [9.17, 15) is 9.18 Å². The molecule has 4 nitrogen and oxygen atoms in total. The number of nitrogens with one attached hydrogen (secondary N) is 1. The molecule has 1 aliphatic carbocycles. The number of hydrogen-bond acceptors (Lipinski definition) is 4. The Morgan fingerprint density at radius 3 is 2.72 bits per heavy atom. The predicted molar refractivity (Wildman–Crippen MR) is 97.2 cm³/mol. The topological polar surface area (TPSA) is 45.2 Å². The second-order valence-corrected chi connectivity index (χ2v) is 7.96. The molecule has 25 heavy (non-hydrogen) atoms. The number of likely N-dealkylation sites (tertiary alicyclic amines) is 1. The van der Waals surface area contributed by atoms with Gasteiger partial charge >= 0.3 is 0 Å². The van der Waals surface area contributed by atoms with Crippen molar-refractivity contribution in [3.8, 4) is 10.6 Å². The number of carbonyl (C=O) groups excluding carboxylic acids is 1. The molecule has 0 bridgehead atoms. The van der Waals surface area contributed by atoms with Crippen molar-refractivity contribution in [2.75, 3.05) is 19.6 Å². The van der Waals surface area contributed by atoms with Crippen LogP contribution in [0.1, 0.15) is 35.4 Å². The first-order chi connectivity index (χ1) is 12.2. The van der Waals surface area contributed by atoms with Crippen LogP contribution in [0.25, 0.3) is 10.6 Å². The van der Waals surface area contributed by atoms with Crippen molar-refractivity contribution in [2.24, 2.45) is 5.92 Å². The van der Waals surface area contributed by atoms with Crippen LogP contribution >= 0.6 is 11.3 Å². The first-order valence-electron chi connectivity index (χ1n) is 8.94. The summed E-state index contributed by atoms with van der Waals surface area (Å²) in [5, 5.41) is 4.18. The Hall–Kier alpha value is -1.79. The van der Waals surface area contributed by atoms with Gasteiger partial charge in [-0.2, -0.15) is 0 Å². The molecule has 1 aliphatic heterocycles. The third-order valence-corrected chi connectivity index (χ3v) is 6.01. The van der Waals surface area contributed by atoms with Crippen LogP contribution in [0.3, 0.4) is 0 Å². The first kappa shape index (κ1) is 16.7. The molecule has 1 saturated carbocycles. The summed E-state index contributed by atoms with van der Waals surface area (Å²) in [5.41, 5.74) is 0.453. The molecule has 1 amide bonds. The maximum atomic E-state index is 13.9. The van der Waals surface area contributed by atoms with Crippen molar-refractivity contribution in [3.05, 3.63) is 41.2 Å². The van der Waals surface area contributed by atoms with E-state index in [0.717, 1.165) is 38.4 Å².